The second-order valence-corrected chi connectivity index (χ2v) is 11.7. The lowest BCUT2D eigenvalue weighted by atomic mass is 9.76. The van der Waals surface area contributed by atoms with Crippen molar-refractivity contribution in [3.63, 3.8) is 0 Å². The van der Waals surface area contributed by atoms with Crippen LogP contribution in [0.3, 0.4) is 0 Å². The first-order valence-electron chi connectivity index (χ1n) is 15.8. The Kier molecular flexibility index (Phi) is 12.8. The highest BCUT2D eigenvalue weighted by molar-refractivity contribution is 5.92. The zero-order chi connectivity index (χ0) is 31.4. The van der Waals surface area contributed by atoms with E-state index in [-0.39, 0.29) is 30.5 Å². The van der Waals surface area contributed by atoms with Gasteiger partial charge in [-0.05, 0) is 67.0 Å². The number of benzene rings is 3. The molecule has 1 unspecified atom stereocenters. The Hall–Kier alpha value is -3.64. The minimum atomic E-state index is -0.412. The zero-order valence-electron chi connectivity index (χ0n) is 27.0. The van der Waals surface area contributed by atoms with Gasteiger partial charge in [-0.2, -0.15) is 0 Å². The fourth-order valence-electron chi connectivity index (χ4n) is 4.99. The van der Waals surface area contributed by atoms with Crippen LogP contribution >= 0.6 is 0 Å². The Morgan fingerprint density at radius 1 is 0.953 bits per heavy atom. The number of carbonyl (C=O) groups excluding carboxylic acids is 2. The number of nitrogens with one attached hydrogen (secondary N) is 1. The minimum Gasteiger partial charge on any atom is -0.490 e. The number of fused-ring (bicyclic) bond motifs is 1. The van der Waals surface area contributed by atoms with Crippen LogP contribution in [0.5, 0.6) is 11.5 Å². The van der Waals surface area contributed by atoms with Crippen LogP contribution in [0, 0.1) is 0 Å². The molecule has 3 aromatic carbocycles. The lowest BCUT2D eigenvalue weighted by Crippen LogP contribution is -2.34. The number of esters is 2. The highest BCUT2D eigenvalue weighted by Crippen LogP contribution is 2.43. The van der Waals surface area contributed by atoms with Crippen LogP contribution in [0.4, 0.5) is 0 Å². The van der Waals surface area contributed by atoms with Gasteiger partial charge in [0.05, 0.1) is 18.1 Å². The van der Waals surface area contributed by atoms with Crippen molar-refractivity contribution < 1.29 is 23.8 Å². The summed E-state index contributed by atoms with van der Waals surface area (Å²) in [4.78, 5) is 25.4. The summed E-state index contributed by atoms with van der Waals surface area (Å²) < 4.78 is 17.3. The van der Waals surface area contributed by atoms with E-state index in [9.17, 15) is 9.59 Å². The lowest BCUT2D eigenvalue weighted by molar-refractivity contribution is -0.144. The molecule has 6 nitrogen and oxygen atoms in total. The number of ether oxygens (including phenoxy) is 3. The van der Waals surface area contributed by atoms with Crippen LogP contribution in [0.15, 0.2) is 66.7 Å². The second-order valence-electron chi connectivity index (χ2n) is 11.7. The fraction of sp³-hybridized carbons (Fsp3) is 0.459. The molecule has 3 aromatic rings. The summed E-state index contributed by atoms with van der Waals surface area (Å²) in [5, 5.41) is 3.55. The van der Waals surface area contributed by atoms with E-state index in [1.807, 2.05) is 56.3 Å². The van der Waals surface area contributed by atoms with Crippen molar-refractivity contribution in [3.05, 3.63) is 94.5 Å². The molecular formula is C37H49NO5. The van der Waals surface area contributed by atoms with Gasteiger partial charge in [-0.15, -0.1) is 0 Å². The van der Waals surface area contributed by atoms with Crippen molar-refractivity contribution >= 4 is 11.9 Å². The van der Waals surface area contributed by atoms with E-state index in [1.165, 1.54) is 19.3 Å². The van der Waals surface area contributed by atoms with E-state index in [1.54, 1.807) is 24.3 Å². The van der Waals surface area contributed by atoms with E-state index < -0.39 is 5.97 Å². The Morgan fingerprint density at radius 3 is 2.23 bits per heavy atom. The maximum atomic E-state index is 13.2. The first-order valence-corrected chi connectivity index (χ1v) is 15.8. The molecule has 1 saturated carbocycles. The lowest BCUT2D eigenvalue weighted by Gasteiger charge is -2.37. The Labute approximate surface area is 258 Å². The monoisotopic (exact) mass is 587 g/mol. The summed E-state index contributed by atoms with van der Waals surface area (Å²) in [7, 11) is 0. The molecule has 232 valence electrons. The summed E-state index contributed by atoms with van der Waals surface area (Å²) in [5.74, 6) is 0.599. The molecule has 6 heteroatoms. The molecule has 1 aliphatic carbocycles. The predicted octanol–water partition coefficient (Wildman–Crippen LogP) is 8.33. The Morgan fingerprint density at radius 2 is 1.60 bits per heavy atom. The van der Waals surface area contributed by atoms with Gasteiger partial charge in [-0.3, -0.25) is 4.79 Å². The highest BCUT2D eigenvalue weighted by atomic mass is 16.5. The number of hydrogen-bond donors (Lipinski definition) is 1. The topological polar surface area (TPSA) is 73.9 Å². The molecule has 2 aliphatic rings. The largest absolute Gasteiger partial charge is 0.490 e. The zero-order valence-corrected chi connectivity index (χ0v) is 27.0. The van der Waals surface area contributed by atoms with Crippen molar-refractivity contribution in [2.24, 2.45) is 0 Å². The second kappa shape index (κ2) is 16.3. The predicted molar refractivity (Wildman–Crippen MR) is 173 cm³/mol. The number of rotatable bonds is 9. The normalized spacial score (nSPS) is 16.2. The van der Waals surface area contributed by atoms with Crippen molar-refractivity contribution in [3.8, 4) is 11.5 Å². The van der Waals surface area contributed by atoms with Crippen LogP contribution in [-0.2, 0) is 34.5 Å². The standard InChI is InChI=1S/C32H35NO5.C3H8.C2H6/c1-21-18-32(2,3)28-17-24(16-25(30(28)37-21)19-33-26-11-12-26)31(35)38-27-13-9-22(10-14-27)15-29(34)36-20-23-7-5-4-6-8-23;1-3-2;1-2/h4-10,13-14,16-17,21,26,33H,11-12,15,18-20H2,1-3H3;3H2,1-2H3;1-2H3. The van der Waals surface area contributed by atoms with Gasteiger partial charge in [0.1, 0.15) is 18.1 Å². The molecule has 1 N–H and O–H groups in total. The van der Waals surface area contributed by atoms with Gasteiger partial charge < -0.3 is 19.5 Å². The molecule has 1 fully saturated rings. The van der Waals surface area contributed by atoms with Gasteiger partial charge in [0.15, 0.2) is 0 Å². The molecule has 1 heterocycles. The van der Waals surface area contributed by atoms with E-state index in [0.29, 0.717) is 23.9 Å². The summed E-state index contributed by atoms with van der Waals surface area (Å²) in [5.41, 5.74) is 4.16. The average molecular weight is 588 g/mol. The fourth-order valence-corrected chi connectivity index (χ4v) is 4.99. The van der Waals surface area contributed by atoms with Gasteiger partial charge >= 0.3 is 11.9 Å². The minimum absolute atomic E-state index is 0.115. The first kappa shape index (κ1) is 33.9. The molecule has 0 radical (unpaired) electrons. The van der Waals surface area contributed by atoms with Gasteiger partial charge in [0.25, 0.3) is 0 Å². The molecular weight excluding hydrogens is 538 g/mol. The molecule has 0 bridgehead atoms. The molecule has 0 saturated heterocycles. The summed E-state index contributed by atoms with van der Waals surface area (Å²) in [6.45, 7) is 15.6. The third-order valence-electron chi connectivity index (χ3n) is 7.13. The molecule has 0 aromatic heterocycles. The maximum Gasteiger partial charge on any atom is 0.343 e. The van der Waals surface area contributed by atoms with Crippen LogP contribution in [0.25, 0.3) is 0 Å². The first-order chi connectivity index (χ1) is 20.7. The van der Waals surface area contributed by atoms with Crippen LogP contribution < -0.4 is 14.8 Å². The van der Waals surface area contributed by atoms with Gasteiger partial charge in [0.2, 0.25) is 0 Å². The van der Waals surface area contributed by atoms with E-state index in [2.05, 4.69) is 39.9 Å². The number of hydrogen-bond acceptors (Lipinski definition) is 6. The summed E-state index contributed by atoms with van der Waals surface area (Å²) >= 11 is 0. The third-order valence-corrected chi connectivity index (χ3v) is 7.13. The molecule has 5 rings (SSSR count). The van der Waals surface area contributed by atoms with Crippen LogP contribution in [0.1, 0.15) is 107 Å². The maximum absolute atomic E-state index is 13.2. The average Bonchev–Trinajstić information content (AvgIpc) is 3.82. The highest BCUT2D eigenvalue weighted by Gasteiger charge is 2.35. The molecule has 0 amide bonds. The third kappa shape index (κ3) is 10.2. The molecule has 0 spiro atoms. The summed E-state index contributed by atoms with van der Waals surface area (Å²) in [6, 6.07) is 20.9. The van der Waals surface area contributed by atoms with Gasteiger partial charge in [-0.1, -0.05) is 90.4 Å². The van der Waals surface area contributed by atoms with Crippen molar-refractivity contribution in [1.82, 2.24) is 5.32 Å². The van der Waals surface area contributed by atoms with E-state index >= 15 is 0 Å². The van der Waals surface area contributed by atoms with E-state index in [0.717, 1.165) is 34.4 Å². The van der Waals surface area contributed by atoms with Crippen molar-refractivity contribution in [1.29, 1.82) is 0 Å². The van der Waals surface area contributed by atoms with Crippen molar-refractivity contribution in [2.75, 3.05) is 0 Å². The van der Waals surface area contributed by atoms with E-state index in [4.69, 9.17) is 14.2 Å². The SMILES string of the molecule is CC.CC1CC(C)(C)c2cc(C(=O)Oc3ccc(CC(=O)OCc4ccccc4)cc3)cc(CNC3CC3)c2O1.CCC. The smallest absolute Gasteiger partial charge is 0.343 e. The van der Waals surface area contributed by atoms with Gasteiger partial charge in [-0.25, -0.2) is 4.79 Å². The molecule has 43 heavy (non-hydrogen) atoms. The quantitative estimate of drug-likeness (QED) is 0.200. The Balaban J connectivity index is 0.000000953. The van der Waals surface area contributed by atoms with Gasteiger partial charge in [0, 0.05) is 23.7 Å². The molecule has 1 atom stereocenters. The number of carbonyl (C=O) groups is 2. The van der Waals surface area contributed by atoms with Crippen molar-refractivity contribution in [2.45, 2.75) is 111 Å². The Bertz CT molecular complexity index is 1310. The molecule has 1 aliphatic heterocycles. The van der Waals surface area contributed by atoms with Crippen LogP contribution in [-0.4, -0.2) is 24.1 Å². The summed E-state index contributed by atoms with van der Waals surface area (Å²) in [6.07, 6.45) is 4.77. The van der Waals surface area contributed by atoms with Crippen LogP contribution in [0.2, 0.25) is 0 Å².